The van der Waals surface area contributed by atoms with E-state index in [0.717, 1.165) is 22.2 Å². The maximum absolute atomic E-state index is 13.0. The number of para-hydroxylation sites is 1. The third-order valence-electron chi connectivity index (χ3n) is 4.94. The molecule has 0 saturated heterocycles. The number of rotatable bonds is 3. The Morgan fingerprint density at radius 1 is 1.23 bits per heavy atom. The molecule has 2 aromatic carbocycles. The van der Waals surface area contributed by atoms with Crippen LogP contribution in [0.3, 0.4) is 0 Å². The zero-order valence-corrected chi connectivity index (χ0v) is 14.2. The number of benzene rings is 2. The van der Waals surface area contributed by atoms with Crippen molar-refractivity contribution < 1.29 is 14.3 Å². The first-order chi connectivity index (χ1) is 12.7. The molecule has 1 aliphatic rings. The summed E-state index contributed by atoms with van der Waals surface area (Å²) < 4.78 is 13.0. The van der Waals surface area contributed by atoms with Crippen molar-refractivity contribution in [3.05, 3.63) is 71.2 Å². The van der Waals surface area contributed by atoms with E-state index in [2.05, 4.69) is 16.4 Å². The van der Waals surface area contributed by atoms with Gasteiger partial charge in [-0.1, -0.05) is 30.3 Å². The molecular formula is C20H20FN3O2. The Labute approximate surface area is 150 Å². The van der Waals surface area contributed by atoms with Gasteiger partial charge in [-0.3, -0.25) is 0 Å². The van der Waals surface area contributed by atoms with Gasteiger partial charge in [0.15, 0.2) is 0 Å². The van der Waals surface area contributed by atoms with Crippen LogP contribution in [0, 0.1) is 5.82 Å². The highest BCUT2D eigenvalue weighted by Crippen LogP contribution is 2.30. The maximum atomic E-state index is 13.0. The van der Waals surface area contributed by atoms with Crippen LogP contribution < -0.4 is 5.32 Å². The molecule has 0 saturated carbocycles. The number of hydrogen-bond acceptors (Lipinski definition) is 2. The summed E-state index contributed by atoms with van der Waals surface area (Å²) in [6.45, 7) is 0.640. The van der Waals surface area contributed by atoms with Crippen LogP contribution in [0.15, 0.2) is 48.5 Å². The Morgan fingerprint density at radius 2 is 2.00 bits per heavy atom. The number of H-pyrrole nitrogens is 1. The predicted molar refractivity (Wildman–Crippen MR) is 97.1 cm³/mol. The molecule has 26 heavy (non-hydrogen) atoms. The summed E-state index contributed by atoms with van der Waals surface area (Å²) >= 11 is 0. The van der Waals surface area contributed by atoms with Gasteiger partial charge in [0.05, 0.1) is 19.2 Å². The SMILES string of the molecule is O=C(NCc1ccc(F)cc1)N1Cc2[nH]c3ccccc3c2CC1CO. The van der Waals surface area contributed by atoms with Crippen molar-refractivity contribution in [1.29, 1.82) is 0 Å². The molecule has 1 unspecified atom stereocenters. The summed E-state index contributed by atoms with van der Waals surface area (Å²) in [6, 6.07) is 13.6. The van der Waals surface area contributed by atoms with Crippen LogP contribution in [0.2, 0.25) is 0 Å². The fraction of sp³-hybridized carbons (Fsp3) is 0.250. The molecule has 0 aliphatic carbocycles. The highest BCUT2D eigenvalue weighted by Gasteiger charge is 2.31. The molecule has 1 aliphatic heterocycles. The quantitative estimate of drug-likeness (QED) is 0.678. The number of aliphatic hydroxyl groups excluding tert-OH is 1. The monoisotopic (exact) mass is 353 g/mol. The minimum atomic E-state index is -0.303. The Morgan fingerprint density at radius 3 is 2.77 bits per heavy atom. The van der Waals surface area contributed by atoms with Crippen molar-refractivity contribution in [3.8, 4) is 0 Å². The molecule has 3 N–H and O–H groups in total. The average molecular weight is 353 g/mol. The Balaban J connectivity index is 1.52. The molecule has 1 aromatic heterocycles. The van der Waals surface area contributed by atoms with Gasteiger partial charge in [0.1, 0.15) is 5.82 Å². The second-order valence-electron chi connectivity index (χ2n) is 6.58. The number of aromatic amines is 1. The van der Waals surface area contributed by atoms with E-state index in [0.29, 0.717) is 19.5 Å². The zero-order chi connectivity index (χ0) is 18.1. The van der Waals surface area contributed by atoms with Gasteiger partial charge in [0.25, 0.3) is 0 Å². The van der Waals surface area contributed by atoms with Gasteiger partial charge in [-0.05, 0) is 35.7 Å². The lowest BCUT2D eigenvalue weighted by Crippen LogP contribution is -2.50. The van der Waals surface area contributed by atoms with Gasteiger partial charge < -0.3 is 20.3 Å². The van der Waals surface area contributed by atoms with E-state index in [9.17, 15) is 14.3 Å². The summed E-state index contributed by atoms with van der Waals surface area (Å²) in [7, 11) is 0. The van der Waals surface area contributed by atoms with Crippen LogP contribution in [0.1, 0.15) is 16.8 Å². The normalized spacial score (nSPS) is 16.5. The molecule has 0 spiro atoms. The van der Waals surface area contributed by atoms with Crippen LogP contribution in [-0.4, -0.2) is 33.7 Å². The summed E-state index contributed by atoms with van der Waals surface area (Å²) in [5.41, 5.74) is 4.04. The van der Waals surface area contributed by atoms with E-state index in [4.69, 9.17) is 0 Å². The number of hydrogen-bond donors (Lipinski definition) is 3. The summed E-state index contributed by atoms with van der Waals surface area (Å²) in [4.78, 5) is 17.7. The molecular weight excluding hydrogens is 333 g/mol. The molecule has 0 radical (unpaired) electrons. The van der Waals surface area contributed by atoms with E-state index in [1.54, 1.807) is 17.0 Å². The number of aromatic nitrogens is 1. The molecule has 1 atom stereocenters. The standard InChI is InChI=1S/C20H20FN3O2/c21-14-7-5-13(6-8-14)10-22-20(26)24-11-19-17(9-15(24)12-25)16-3-1-2-4-18(16)23-19/h1-8,15,23,25H,9-12H2,(H,22,26). The van der Waals surface area contributed by atoms with Gasteiger partial charge >= 0.3 is 6.03 Å². The van der Waals surface area contributed by atoms with Gasteiger partial charge in [-0.2, -0.15) is 0 Å². The molecule has 6 heteroatoms. The van der Waals surface area contributed by atoms with E-state index in [-0.39, 0.29) is 24.5 Å². The van der Waals surface area contributed by atoms with Gasteiger partial charge in [-0.25, -0.2) is 9.18 Å². The zero-order valence-electron chi connectivity index (χ0n) is 14.2. The fourth-order valence-electron chi connectivity index (χ4n) is 3.55. The maximum Gasteiger partial charge on any atom is 0.318 e. The predicted octanol–water partition coefficient (Wildman–Crippen LogP) is 2.94. The number of carbonyl (C=O) groups excluding carboxylic acids is 1. The summed E-state index contributed by atoms with van der Waals surface area (Å²) in [5, 5.41) is 13.8. The molecule has 2 heterocycles. The second kappa shape index (κ2) is 6.80. The van der Waals surface area contributed by atoms with Gasteiger partial charge in [0.2, 0.25) is 0 Å². The van der Waals surface area contributed by atoms with Crippen LogP contribution in [-0.2, 0) is 19.5 Å². The Bertz CT molecular complexity index is 936. The number of nitrogens with zero attached hydrogens (tertiary/aromatic N) is 1. The second-order valence-corrected chi connectivity index (χ2v) is 6.58. The fourth-order valence-corrected chi connectivity index (χ4v) is 3.55. The molecule has 0 fully saturated rings. The molecule has 5 nitrogen and oxygen atoms in total. The molecule has 4 rings (SSSR count). The van der Waals surface area contributed by atoms with Crippen molar-refractivity contribution in [2.75, 3.05) is 6.61 Å². The van der Waals surface area contributed by atoms with Crippen LogP contribution >= 0.6 is 0 Å². The number of nitrogens with one attached hydrogen (secondary N) is 2. The van der Waals surface area contributed by atoms with E-state index in [1.807, 2.05) is 18.2 Å². The third kappa shape index (κ3) is 3.04. The Hall–Kier alpha value is -2.86. The van der Waals surface area contributed by atoms with Crippen LogP contribution in [0.25, 0.3) is 10.9 Å². The van der Waals surface area contributed by atoms with Crippen molar-refractivity contribution in [3.63, 3.8) is 0 Å². The van der Waals surface area contributed by atoms with Crippen molar-refractivity contribution >= 4 is 16.9 Å². The van der Waals surface area contributed by atoms with Gasteiger partial charge in [0, 0.05) is 23.1 Å². The lowest BCUT2D eigenvalue weighted by atomic mass is 9.97. The van der Waals surface area contributed by atoms with Crippen molar-refractivity contribution in [2.45, 2.75) is 25.6 Å². The minimum Gasteiger partial charge on any atom is -0.394 e. The van der Waals surface area contributed by atoms with E-state index < -0.39 is 0 Å². The first kappa shape index (κ1) is 16.6. The smallest absolute Gasteiger partial charge is 0.318 e. The molecule has 134 valence electrons. The highest BCUT2D eigenvalue weighted by atomic mass is 19.1. The van der Waals surface area contributed by atoms with E-state index in [1.165, 1.54) is 17.7 Å². The number of halogens is 1. The number of aliphatic hydroxyl groups is 1. The minimum absolute atomic E-state index is 0.0943. The molecule has 2 amide bonds. The molecule has 3 aromatic rings. The third-order valence-corrected chi connectivity index (χ3v) is 4.94. The first-order valence-corrected chi connectivity index (χ1v) is 8.64. The first-order valence-electron chi connectivity index (χ1n) is 8.64. The van der Waals surface area contributed by atoms with Crippen LogP contribution in [0.5, 0.6) is 0 Å². The van der Waals surface area contributed by atoms with Gasteiger partial charge in [-0.15, -0.1) is 0 Å². The lowest BCUT2D eigenvalue weighted by molar-refractivity contribution is 0.120. The summed E-state index contributed by atoms with van der Waals surface area (Å²) in [5.74, 6) is -0.303. The van der Waals surface area contributed by atoms with Crippen LogP contribution in [0.4, 0.5) is 9.18 Å². The largest absolute Gasteiger partial charge is 0.394 e. The van der Waals surface area contributed by atoms with E-state index >= 15 is 0 Å². The number of amides is 2. The van der Waals surface area contributed by atoms with Crippen molar-refractivity contribution in [2.24, 2.45) is 0 Å². The summed E-state index contributed by atoms with van der Waals surface area (Å²) in [6.07, 6.45) is 0.611. The Kier molecular flexibility index (Phi) is 4.34. The average Bonchev–Trinajstić information content (AvgIpc) is 3.03. The number of carbonyl (C=O) groups is 1. The number of fused-ring (bicyclic) bond motifs is 3. The van der Waals surface area contributed by atoms with Crippen molar-refractivity contribution in [1.82, 2.24) is 15.2 Å². The topological polar surface area (TPSA) is 68.4 Å². The highest BCUT2D eigenvalue weighted by molar-refractivity contribution is 5.85. The number of urea groups is 1. The molecule has 0 bridgehead atoms. The lowest BCUT2D eigenvalue weighted by Gasteiger charge is -2.34.